The summed E-state index contributed by atoms with van der Waals surface area (Å²) in [6.07, 6.45) is 4.19. The van der Waals surface area contributed by atoms with Gasteiger partial charge in [-0.2, -0.15) is 0 Å². The molecule has 7 heteroatoms. The number of anilines is 2. The molecule has 0 radical (unpaired) electrons. The van der Waals surface area contributed by atoms with Gasteiger partial charge in [-0.3, -0.25) is 9.59 Å². The summed E-state index contributed by atoms with van der Waals surface area (Å²) in [5.74, 6) is -0.0931. The van der Waals surface area contributed by atoms with E-state index in [0.29, 0.717) is 55.4 Å². The van der Waals surface area contributed by atoms with Crippen molar-refractivity contribution in [2.45, 2.75) is 66.2 Å². The molecule has 2 aromatic carbocycles. The average Bonchev–Trinajstić information content (AvgIpc) is 2.82. The SMILES string of the molecule is CCC[C@@H](Cc1ccc(OC(=O)[C@@H](CCC)Cc2ccc(OCC)c(N)c2)c(N)c1)C(=O)OCC. The van der Waals surface area contributed by atoms with Crippen LogP contribution in [0.5, 0.6) is 11.5 Å². The van der Waals surface area contributed by atoms with Crippen molar-refractivity contribution in [3.8, 4) is 11.5 Å². The van der Waals surface area contributed by atoms with E-state index in [9.17, 15) is 9.59 Å². The van der Waals surface area contributed by atoms with Crippen LogP contribution in [0.25, 0.3) is 0 Å². The minimum atomic E-state index is -0.325. The lowest BCUT2D eigenvalue weighted by Crippen LogP contribution is -2.23. The predicted molar refractivity (Wildman–Crippen MR) is 139 cm³/mol. The quantitative estimate of drug-likeness (QED) is 0.211. The molecule has 0 aliphatic rings. The fourth-order valence-electron chi connectivity index (χ4n) is 4.15. The standard InChI is InChI=1S/C28H40N2O5/c1-5-9-21(27(31)34-8-4)15-20-12-14-26(24(30)18-20)35-28(32)22(10-6-2)16-19-11-13-25(33-7-3)23(29)17-19/h11-14,17-18,21-22H,5-10,15-16,29-30H2,1-4H3/t21-,22-/m0/s1. The fourth-order valence-corrected chi connectivity index (χ4v) is 4.15. The molecule has 2 aromatic rings. The highest BCUT2D eigenvalue weighted by Crippen LogP contribution is 2.29. The first-order valence-corrected chi connectivity index (χ1v) is 12.6. The van der Waals surface area contributed by atoms with Gasteiger partial charge in [-0.15, -0.1) is 0 Å². The number of esters is 2. The summed E-state index contributed by atoms with van der Waals surface area (Å²) < 4.78 is 16.4. The molecule has 4 N–H and O–H groups in total. The van der Waals surface area contributed by atoms with Gasteiger partial charge in [0.1, 0.15) is 5.75 Å². The third kappa shape index (κ3) is 8.50. The predicted octanol–water partition coefficient (Wildman–Crippen LogP) is 5.34. The van der Waals surface area contributed by atoms with Crippen molar-refractivity contribution in [2.24, 2.45) is 11.8 Å². The van der Waals surface area contributed by atoms with E-state index in [2.05, 4.69) is 0 Å². The Balaban J connectivity index is 2.10. The van der Waals surface area contributed by atoms with Crippen molar-refractivity contribution in [1.82, 2.24) is 0 Å². The Morgan fingerprint density at radius 2 is 1.26 bits per heavy atom. The molecule has 0 aromatic heterocycles. The average molecular weight is 485 g/mol. The third-order valence-electron chi connectivity index (χ3n) is 5.85. The van der Waals surface area contributed by atoms with Gasteiger partial charge in [-0.1, -0.05) is 38.8 Å². The second-order valence-electron chi connectivity index (χ2n) is 8.73. The first-order chi connectivity index (χ1) is 16.8. The molecule has 2 rings (SSSR count). The Morgan fingerprint density at radius 1 is 0.743 bits per heavy atom. The van der Waals surface area contributed by atoms with Crippen LogP contribution in [0.15, 0.2) is 36.4 Å². The highest BCUT2D eigenvalue weighted by Gasteiger charge is 2.23. The number of carbonyl (C=O) groups is 2. The maximum atomic E-state index is 13.0. The third-order valence-corrected chi connectivity index (χ3v) is 5.85. The van der Waals surface area contributed by atoms with Crippen molar-refractivity contribution >= 4 is 23.3 Å². The van der Waals surface area contributed by atoms with E-state index in [-0.39, 0.29) is 23.8 Å². The molecular weight excluding hydrogens is 444 g/mol. The first kappa shape index (κ1) is 28.0. The molecular formula is C28H40N2O5. The number of rotatable bonds is 14. The Morgan fingerprint density at radius 3 is 1.71 bits per heavy atom. The van der Waals surface area contributed by atoms with Crippen LogP contribution >= 0.6 is 0 Å². The van der Waals surface area contributed by atoms with E-state index in [1.54, 1.807) is 19.1 Å². The van der Waals surface area contributed by atoms with Gasteiger partial charge in [-0.25, -0.2) is 0 Å². The van der Waals surface area contributed by atoms with Crippen LogP contribution in [0.3, 0.4) is 0 Å². The molecule has 0 spiro atoms. The van der Waals surface area contributed by atoms with Gasteiger partial charge in [0, 0.05) is 0 Å². The summed E-state index contributed by atoms with van der Waals surface area (Å²) in [6, 6.07) is 10.9. The van der Waals surface area contributed by atoms with Gasteiger partial charge < -0.3 is 25.7 Å². The summed E-state index contributed by atoms with van der Waals surface area (Å²) in [7, 11) is 0. The molecule has 0 unspecified atom stereocenters. The lowest BCUT2D eigenvalue weighted by molar-refractivity contribution is -0.148. The van der Waals surface area contributed by atoms with Crippen molar-refractivity contribution in [3.63, 3.8) is 0 Å². The first-order valence-electron chi connectivity index (χ1n) is 12.6. The van der Waals surface area contributed by atoms with E-state index >= 15 is 0 Å². The highest BCUT2D eigenvalue weighted by atomic mass is 16.5. The number of benzene rings is 2. The van der Waals surface area contributed by atoms with Gasteiger partial charge in [0.05, 0.1) is 36.4 Å². The Kier molecular flexibility index (Phi) is 11.4. The second-order valence-corrected chi connectivity index (χ2v) is 8.73. The molecule has 0 saturated carbocycles. The zero-order valence-electron chi connectivity index (χ0n) is 21.5. The topological polar surface area (TPSA) is 114 Å². The van der Waals surface area contributed by atoms with Crippen LogP contribution in [0.2, 0.25) is 0 Å². The zero-order valence-corrected chi connectivity index (χ0v) is 21.5. The maximum absolute atomic E-state index is 13.0. The number of hydrogen-bond donors (Lipinski definition) is 2. The van der Waals surface area contributed by atoms with E-state index in [1.807, 2.05) is 45.0 Å². The molecule has 35 heavy (non-hydrogen) atoms. The maximum Gasteiger partial charge on any atom is 0.314 e. The normalized spacial score (nSPS) is 12.6. The number of nitrogen functional groups attached to an aromatic ring is 2. The van der Waals surface area contributed by atoms with Crippen molar-refractivity contribution in [1.29, 1.82) is 0 Å². The van der Waals surface area contributed by atoms with E-state index in [0.717, 1.165) is 30.4 Å². The van der Waals surface area contributed by atoms with Crippen LogP contribution in [-0.2, 0) is 27.2 Å². The summed E-state index contributed by atoms with van der Waals surface area (Å²) in [6.45, 7) is 8.68. The van der Waals surface area contributed by atoms with Gasteiger partial charge in [0.15, 0.2) is 5.75 Å². The lowest BCUT2D eigenvalue weighted by atomic mass is 9.94. The Hall–Kier alpha value is -3.22. The number of ether oxygens (including phenoxy) is 3. The summed E-state index contributed by atoms with van der Waals surface area (Å²) in [4.78, 5) is 25.3. The van der Waals surface area contributed by atoms with Gasteiger partial charge in [0.25, 0.3) is 0 Å². The minimum absolute atomic E-state index is 0.194. The molecule has 0 aliphatic heterocycles. The summed E-state index contributed by atoms with van der Waals surface area (Å²) in [5.41, 5.74) is 15.1. The van der Waals surface area contributed by atoms with E-state index < -0.39 is 0 Å². The summed E-state index contributed by atoms with van der Waals surface area (Å²) >= 11 is 0. The second kappa shape index (κ2) is 14.2. The van der Waals surface area contributed by atoms with Crippen LogP contribution in [0.4, 0.5) is 11.4 Å². The molecule has 7 nitrogen and oxygen atoms in total. The highest BCUT2D eigenvalue weighted by molar-refractivity contribution is 5.77. The monoisotopic (exact) mass is 484 g/mol. The molecule has 0 amide bonds. The number of hydrogen-bond acceptors (Lipinski definition) is 7. The molecule has 192 valence electrons. The zero-order chi connectivity index (χ0) is 25.8. The van der Waals surface area contributed by atoms with E-state index in [1.165, 1.54) is 0 Å². The molecule has 0 fully saturated rings. The Labute approximate surface area is 209 Å². The molecule has 0 heterocycles. The van der Waals surface area contributed by atoms with Gasteiger partial charge in [0.2, 0.25) is 0 Å². The largest absolute Gasteiger partial charge is 0.492 e. The molecule has 0 aliphatic carbocycles. The molecule has 0 saturated heterocycles. The minimum Gasteiger partial charge on any atom is -0.492 e. The molecule has 0 bridgehead atoms. The van der Waals surface area contributed by atoms with Crippen LogP contribution in [-0.4, -0.2) is 25.2 Å². The summed E-state index contributed by atoms with van der Waals surface area (Å²) in [5, 5.41) is 0. The van der Waals surface area contributed by atoms with Crippen LogP contribution in [0, 0.1) is 11.8 Å². The molecule has 2 atom stereocenters. The fraction of sp³-hybridized carbons (Fsp3) is 0.500. The van der Waals surface area contributed by atoms with Crippen LogP contribution < -0.4 is 20.9 Å². The van der Waals surface area contributed by atoms with Crippen molar-refractivity contribution in [3.05, 3.63) is 47.5 Å². The van der Waals surface area contributed by atoms with Crippen molar-refractivity contribution in [2.75, 3.05) is 24.7 Å². The van der Waals surface area contributed by atoms with Crippen LogP contribution in [0.1, 0.15) is 64.5 Å². The van der Waals surface area contributed by atoms with Gasteiger partial charge >= 0.3 is 11.9 Å². The smallest absolute Gasteiger partial charge is 0.314 e. The number of carbonyl (C=O) groups excluding carboxylic acids is 2. The number of nitrogens with two attached hydrogens (primary N) is 2. The Bertz CT molecular complexity index is 976. The van der Waals surface area contributed by atoms with Gasteiger partial charge in [-0.05, 0) is 74.9 Å². The van der Waals surface area contributed by atoms with E-state index in [4.69, 9.17) is 25.7 Å². The van der Waals surface area contributed by atoms with Crippen molar-refractivity contribution < 1.29 is 23.8 Å². The lowest BCUT2D eigenvalue weighted by Gasteiger charge is -2.18.